The Morgan fingerprint density at radius 1 is 0.607 bits per heavy atom. The summed E-state index contributed by atoms with van der Waals surface area (Å²) in [5, 5.41) is 0.553. The predicted octanol–water partition coefficient (Wildman–Crippen LogP) is 8.14. The van der Waals surface area contributed by atoms with E-state index in [0.29, 0.717) is 0 Å². The molecule has 2 nitrogen and oxygen atoms in total. The number of hydrogen-bond donors (Lipinski definition) is 0. The van der Waals surface area contributed by atoms with E-state index >= 15 is 0 Å². The van der Waals surface area contributed by atoms with Crippen LogP contribution < -0.4 is 9.05 Å². The van der Waals surface area contributed by atoms with Gasteiger partial charge in [0.2, 0.25) is 0 Å². The Morgan fingerprint density at radius 3 is 1.07 bits per heavy atom. The zero-order chi connectivity index (χ0) is 20.6. The van der Waals surface area contributed by atoms with Crippen LogP contribution >= 0.6 is 16.3 Å². The summed E-state index contributed by atoms with van der Waals surface area (Å²) in [6.45, 7) is 27.3. The summed E-state index contributed by atoms with van der Waals surface area (Å²) < 4.78 is 13.0. The van der Waals surface area contributed by atoms with Gasteiger partial charge in [0.1, 0.15) is 20.6 Å². The molecule has 0 aliphatic heterocycles. The number of rotatable bonds is 4. The van der Waals surface area contributed by atoms with Crippen molar-refractivity contribution in [3.8, 4) is 11.5 Å². The third kappa shape index (κ3) is 9.43. The SMILES string of the molecule is CC(C)(C)[PH+](Oc1[c-]c(O[PH+](C(C)(C)C)C(C)(C)C)ccc1)C(C)(C)C.[CH3-].[Ir]. The summed E-state index contributed by atoms with van der Waals surface area (Å²) in [4.78, 5) is 0. The fourth-order valence-electron chi connectivity index (χ4n) is 3.63. The van der Waals surface area contributed by atoms with Gasteiger partial charge in [-0.2, -0.15) is 6.07 Å². The van der Waals surface area contributed by atoms with Crippen LogP contribution in [0.3, 0.4) is 0 Å². The van der Waals surface area contributed by atoms with Crippen LogP contribution in [0, 0.1) is 13.5 Å². The summed E-state index contributed by atoms with van der Waals surface area (Å²) in [5.41, 5.74) is 0. The molecule has 0 spiro atoms. The van der Waals surface area contributed by atoms with Crippen molar-refractivity contribution in [2.75, 3.05) is 0 Å². The fraction of sp³-hybridized carbons (Fsp3) is 0.696. The van der Waals surface area contributed by atoms with Crippen molar-refractivity contribution in [1.82, 2.24) is 0 Å². The van der Waals surface area contributed by atoms with Crippen LogP contribution in [0.4, 0.5) is 0 Å². The van der Waals surface area contributed by atoms with Crippen molar-refractivity contribution in [2.24, 2.45) is 0 Å². The van der Waals surface area contributed by atoms with Crippen molar-refractivity contribution in [2.45, 2.75) is 104 Å². The Balaban J connectivity index is 0. The summed E-state index contributed by atoms with van der Waals surface area (Å²) >= 11 is 0. The van der Waals surface area contributed by atoms with Gasteiger partial charge in [-0.1, -0.05) is 6.07 Å². The van der Waals surface area contributed by atoms with E-state index in [0.717, 1.165) is 11.5 Å². The quantitative estimate of drug-likeness (QED) is 0.255. The second-order valence-electron chi connectivity index (χ2n) is 11.2. The molecule has 0 aromatic heterocycles. The maximum atomic E-state index is 6.51. The van der Waals surface area contributed by atoms with Crippen LogP contribution in [-0.2, 0) is 20.1 Å². The minimum absolute atomic E-state index is 0. The van der Waals surface area contributed by atoms with Crippen LogP contribution in [0.1, 0.15) is 83.1 Å². The normalized spacial score (nSPS) is 13.1. The van der Waals surface area contributed by atoms with Crippen LogP contribution in [-0.4, -0.2) is 20.6 Å². The van der Waals surface area contributed by atoms with Gasteiger partial charge in [0.25, 0.3) is 0 Å². The van der Waals surface area contributed by atoms with Gasteiger partial charge in [-0.05, 0) is 83.1 Å². The van der Waals surface area contributed by atoms with Gasteiger partial charge in [0.05, 0.1) is 11.5 Å². The summed E-state index contributed by atoms with van der Waals surface area (Å²) in [5.74, 6) is 1.62. The molecule has 28 heavy (non-hydrogen) atoms. The molecule has 5 heteroatoms. The van der Waals surface area contributed by atoms with E-state index in [1.54, 1.807) is 0 Å². The third-order valence-corrected chi connectivity index (χ3v) is 10.2. The Hall–Kier alpha value is 0.329. The van der Waals surface area contributed by atoms with Gasteiger partial charge >= 0.3 is 0 Å². The molecule has 1 aromatic rings. The third-order valence-electron chi connectivity index (χ3n) is 3.89. The second kappa shape index (κ2) is 10.6. The first-order valence-corrected chi connectivity index (χ1v) is 12.4. The number of hydrogen-bond acceptors (Lipinski definition) is 2. The van der Waals surface area contributed by atoms with Crippen molar-refractivity contribution in [3.63, 3.8) is 0 Å². The van der Waals surface area contributed by atoms with E-state index < -0.39 is 16.3 Å². The molecule has 0 atom stereocenters. The zero-order valence-corrected chi connectivity index (χ0v) is 24.8. The Labute approximate surface area is 192 Å². The maximum absolute atomic E-state index is 6.51. The van der Waals surface area contributed by atoms with Gasteiger partial charge in [0, 0.05) is 20.1 Å². The molecule has 1 radical (unpaired) electrons. The molecule has 0 saturated heterocycles. The standard InChI is InChI=1S/C22H39O2P2.CH3.Ir/c1-19(2,3)25(20(4,5)6)23-17-14-13-15-18(16-17)24-26(21(7,8)9)22(10,11)12;;/h13-15H,1-12H3;1H3;/q2*-1;/p+2. The molecule has 167 valence electrons. The van der Waals surface area contributed by atoms with Crippen molar-refractivity contribution < 1.29 is 29.2 Å². The molecule has 0 aliphatic rings. The minimum Gasteiger partial charge on any atom is -0.378 e. The van der Waals surface area contributed by atoms with Gasteiger partial charge in [0.15, 0.2) is 16.3 Å². The number of benzene rings is 1. The van der Waals surface area contributed by atoms with E-state index in [1.165, 1.54) is 0 Å². The molecule has 1 aromatic carbocycles. The molecular formula is C23H44IrO2P2. The molecule has 1 rings (SSSR count). The van der Waals surface area contributed by atoms with Crippen molar-refractivity contribution in [3.05, 3.63) is 31.7 Å². The average Bonchev–Trinajstić information content (AvgIpc) is 2.37. The molecule has 0 fully saturated rings. The molecule has 0 bridgehead atoms. The van der Waals surface area contributed by atoms with E-state index in [9.17, 15) is 0 Å². The monoisotopic (exact) mass is 607 g/mol. The molecule has 0 unspecified atom stereocenters. The van der Waals surface area contributed by atoms with Gasteiger partial charge in [-0.15, -0.1) is 12.1 Å². The minimum atomic E-state index is -1.11. The predicted molar refractivity (Wildman–Crippen MR) is 129 cm³/mol. The van der Waals surface area contributed by atoms with Crippen LogP contribution in [0.2, 0.25) is 0 Å². The first-order valence-electron chi connectivity index (χ1n) is 9.56. The fourth-order valence-corrected chi connectivity index (χ4v) is 10.0. The van der Waals surface area contributed by atoms with E-state index in [2.05, 4.69) is 89.2 Å². The molecule has 0 N–H and O–H groups in total. The first-order chi connectivity index (χ1) is 11.4. The van der Waals surface area contributed by atoms with Gasteiger partial charge in [-0.3, -0.25) is 0 Å². The van der Waals surface area contributed by atoms with Gasteiger partial charge in [-0.25, -0.2) is 0 Å². The first kappa shape index (κ1) is 30.5. The van der Waals surface area contributed by atoms with Crippen LogP contribution in [0.5, 0.6) is 11.5 Å². The summed E-state index contributed by atoms with van der Waals surface area (Å²) in [6.07, 6.45) is 0. The van der Waals surface area contributed by atoms with Crippen molar-refractivity contribution >= 4 is 16.3 Å². The summed E-state index contributed by atoms with van der Waals surface area (Å²) in [7, 11) is -2.21. The molecule has 0 saturated carbocycles. The van der Waals surface area contributed by atoms with Gasteiger partial charge < -0.3 is 16.5 Å². The second-order valence-corrected chi connectivity index (χ2v) is 19.0. The smallest absolute Gasteiger partial charge is 0.185 e. The van der Waals surface area contributed by atoms with E-state index in [4.69, 9.17) is 9.05 Å². The largest absolute Gasteiger partial charge is 0.378 e. The topological polar surface area (TPSA) is 18.5 Å². The Bertz CT molecular complexity index is 513. The molecular weight excluding hydrogens is 562 g/mol. The van der Waals surface area contributed by atoms with E-state index in [1.807, 2.05) is 18.2 Å². The molecule has 0 aliphatic carbocycles. The van der Waals surface area contributed by atoms with Crippen molar-refractivity contribution in [1.29, 1.82) is 0 Å². The Morgan fingerprint density at radius 2 is 0.857 bits per heavy atom. The average molecular weight is 607 g/mol. The Kier molecular flexibility index (Phi) is 11.5. The molecule has 0 amide bonds. The summed E-state index contributed by atoms with van der Waals surface area (Å²) in [6, 6.07) is 9.44. The zero-order valence-electron chi connectivity index (χ0n) is 20.4. The van der Waals surface area contributed by atoms with E-state index in [-0.39, 0.29) is 48.2 Å². The van der Waals surface area contributed by atoms with Crippen LogP contribution in [0.15, 0.2) is 18.2 Å². The molecule has 0 heterocycles. The van der Waals surface area contributed by atoms with Crippen LogP contribution in [0.25, 0.3) is 0 Å². The maximum Gasteiger partial charge on any atom is 0.185 e.